The molecule has 1 fully saturated rings. The van der Waals surface area contributed by atoms with Crippen molar-refractivity contribution in [3.63, 3.8) is 0 Å². The van der Waals surface area contributed by atoms with Gasteiger partial charge in [0.05, 0.1) is 4.90 Å². The van der Waals surface area contributed by atoms with Crippen LogP contribution in [-0.2, 0) is 14.8 Å². The van der Waals surface area contributed by atoms with E-state index >= 15 is 0 Å². The summed E-state index contributed by atoms with van der Waals surface area (Å²) in [6.45, 7) is 8.79. The van der Waals surface area contributed by atoms with Crippen LogP contribution in [0.2, 0.25) is 0 Å². The molecule has 2 aromatic rings. The van der Waals surface area contributed by atoms with Gasteiger partial charge in [-0.05, 0) is 87.6 Å². The van der Waals surface area contributed by atoms with E-state index in [1.165, 1.54) is 16.4 Å². The number of sulfonamides is 1. The Kier molecular flexibility index (Phi) is 6.29. The fraction of sp³-hybridized carbons (Fsp3) is 0.409. The summed E-state index contributed by atoms with van der Waals surface area (Å²) in [6.07, 6.45) is 1.10. The summed E-state index contributed by atoms with van der Waals surface area (Å²) < 4.78 is 32.5. The van der Waals surface area contributed by atoms with E-state index in [2.05, 4.69) is 11.4 Å². The number of hydrogen-bond donors (Lipinski definition) is 1. The first kappa shape index (κ1) is 21.3. The lowest BCUT2D eigenvalue weighted by molar-refractivity contribution is -0.122. The fourth-order valence-corrected chi connectivity index (χ4v) is 4.92. The summed E-state index contributed by atoms with van der Waals surface area (Å²) in [7, 11) is -3.46. The summed E-state index contributed by atoms with van der Waals surface area (Å²) in [6, 6.07) is 10.3. The molecule has 0 aromatic heterocycles. The standard InChI is InChI=1S/C22H28N2O4S/c1-15-13-16(2)17(3)21(14-15)28-18(4)22(25)23-19-7-9-20(10-8-19)29(26,27)24-11-5-6-12-24/h7-10,13-14,18H,5-6,11-12H2,1-4H3,(H,23,25)/t18-/m0/s1. The van der Waals surface area contributed by atoms with Crippen LogP contribution in [0.5, 0.6) is 5.75 Å². The molecule has 1 saturated heterocycles. The zero-order valence-electron chi connectivity index (χ0n) is 17.4. The summed E-state index contributed by atoms with van der Waals surface area (Å²) in [5.74, 6) is 0.399. The first-order chi connectivity index (χ1) is 13.7. The van der Waals surface area contributed by atoms with Crippen molar-refractivity contribution in [1.29, 1.82) is 0 Å². The Bertz CT molecular complexity index is 994. The lowest BCUT2D eigenvalue weighted by atomic mass is 10.1. The molecule has 0 unspecified atom stereocenters. The SMILES string of the molecule is Cc1cc(C)c(C)c(O[C@@H](C)C(=O)Nc2ccc(S(=O)(=O)N3CCCC3)cc2)c1. The first-order valence-electron chi connectivity index (χ1n) is 9.84. The van der Waals surface area contributed by atoms with Gasteiger partial charge in [-0.1, -0.05) is 6.07 Å². The molecular formula is C22H28N2O4S. The molecule has 0 bridgehead atoms. The van der Waals surface area contributed by atoms with E-state index in [0.29, 0.717) is 24.5 Å². The molecular weight excluding hydrogens is 388 g/mol. The van der Waals surface area contributed by atoms with Crippen molar-refractivity contribution in [2.75, 3.05) is 18.4 Å². The van der Waals surface area contributed by atoms with Crippen LogP contribution in [0.3, 0.4) is 0 Å². The van der Waals surface area contributed by atoms with Crippen LogP contribution in [0.4, 0.5) is 5.69 Å². The monoisotopic (exact) mass is 416 g/mol. The van der Waals surface area contributed by atoms with Crippen LogP contribution in [0.15, 0.2) is 41.3 Å². The van der Waals surface area contributed by atoms with E-state index < -0.39 is 16.1 Å². The van der Waals surface area contributed by atoms with Crippen molar-refractivity contribution in [2.45, 2.75) is 51.5 Å². The number of hydrogen-bond acceptors (Lipinski definition) is 4. The molecule has 0 aliphatic carbocycles. The maximum Gasteiger partial charge on any atom is 0.265 e. The van der Waals surface area contributed by atoms with Crippen molar-refractivity contribution >= 4 is 21.6 Å². The van der Waals surface area contributed by atoms with Gasteiger partial charge in [0, 0.05) is 18.8 Å². The van der Waals surface area contributed by atoms with Gasteiger partial charge in [-0.2, -0.15) is 4.31 Å². The van der Waals surface area contributed by atoms with E-state index in [9.17, 15) is 13.2 Å². The normalized spacial score (nSPS) is 15.9. The lowest BCUT2D eigenvalue weighted by Crippen LogP contribution is -2.30. The minimum absolute atomic E-state index is 0.243. The van der Waals surface area contributed by atoms with E-state index in [0.717, 1.165) is 29.5 Å². The molecule has 29 heavy (non-hydrogen) atoms. The van der Waals surface area contributed by atoms with Gasteiger partial charge >= 0.3 is 0 Å². The van der Waals surface area contributed by atoms with Crippen molar-refractivity contribution in [3.05, 3.63) is 53.1 Å². The maximum absolute atomic E-state index is 12.6. The fourth-order valence-electron chi connectivity index (χ4n) is 3.40. The number of aryl methyl sites for hydroxylation is 2. The van der Waals surface area contributed by atoms with Crippen LogP contribution in [0.25, 0.3) is 0 Å². The number of amides is 1. The number of carbonyl (C=O) groups excluding carboxylic acids is 1. The first-order valence-corrected chi connectivity index (χ1v) is 11.3. The highest BCUT2D eigenvalue weighted by atomic mass is 32.2. The van der Waals surface area contributed by atoms with Gasteiger partial charge in [0.1, 0.15) is 5.75 Å². The number of nitrogens with zero attached hydrogens (tertiary/aromatic N) is 1. The number of anilines is 1. The number of carbonyl (C=O) groups is 1. The van der Waals surface area contributed by atoms with E-state index in [1.807, 2.05) is 26.8 Å². The second-order valence-electron chi connectivity index (χ2n) is 7.59. The Hall–Kier alpha value is -2.38. The van der Waals surface area contributed by atoms with Crippen molar-refractivity contribution < 1.29 is 17.9 Å². The Morgan fingerprint density at radius 3 is 2.31 bits per heavy atom. The van der Waals surface area contributed by atoms with Crippen molar-refractivity contribution in [1.82, 2.24) is 4.31 Å². The summed E-state index contributed by atoms with van der Waals surface area (Å²) >= 11 is 0. The van der Waals surface area contributed by atoms with E-state index in [-0.39, 0.29) is 10.8 Å². The van der Waals surface area contributed by atoms with E-state index in [1.54, 1.807) is 19.1 Å². The minimum atomic E-state index is -3.46. The number of nitrogens with one attached hydrogen (secondary N) is 1. The molecule has 0 spiro atoms. The quantitative estimate of drug-likeness (QED) is 0.777. The average Bonchev–Trinajstić information content (AvgIpc) is 3.21. The molecule has 1 heterocycles. The van der Waals surface area contributed by atoms with Crippen molar-refractivity contribution in [2.24, 2.45) is 0 Å². The second-order valence-corrected chi connectivity index (χ2v) is 9.53. The molecule has 6 nitrogen and oxygen atoms in total. The van der Waals surface area contributed by atoms with Gasteiger partial charge in [-0.3, -0.25) is 4.79 Å². The molecule has 0 radical (unpaired) electrons. The van der Waals surface area contributed by atoms with Crippen LogP contribution in [-0.4, -0.2) is 37.8 Å². The highest BCUT2D eigenvalue weighted by molar-refractivity contribution is 7.89. The summed E-state index contributed by atoms with van der Waals surface area (Å²) in [5.41, 5.74) is 3.72. The van der Waals surface area contributed by atoms with Crippen LogP contribution in [0, 0.1) is 20.8 Å². The van der Waals surface area contributed by atoms with Crippen LogP contribution in [0.1, 0.15) is 36.5 Å². The number of benzene rings is 2. The molecule has 3 rings (SSSR count). The lowest BCUT2D eigenvalue weighted by Gasteiger charge is -2.18. The molecule has 1 amide bonds. The third-order valence-corrected chi connectivity index (χ3v) is 7.17. The minimum Gasteiger partial charge on any atom is -0.481 e. The van der Waals surface area contributed by atoms with Crippen molar-refractivity contribution in [3.8, 4) is 5.75 Å². The topological polar surface area (TPSA) is 75.7 Å². The highest BCUT2D eigenvalue weighted by Gasteiger charge is 2.27. The van der Waals surface area contributed by atoms with Gasteiger partial charge in [-0.25, -0.2) is 8.42 Å². The predicted octanol–water partition coefficient (Wildman–Crippen LogP) is 3.80. The van der Waals surface area contributed by atoms with Gasteiger partial charge in [0.25, 0.3) is 5.91 Å². The highest BCUT2D eigenvalue weighted by Crippen LogP contribution is 2.25. The number of ether oxygens (including phenoxy) is 1. The zero-order chi connectivity index (χ0) is 21.2. The van der Waals surface area contributed by atoms with Gasteiger partial charge < -0.3 is 10.1 Å². The number of rotatable bonds is 6. The maximum atomic E-state index is 12.6. The molecule has 1 N–H and O–H groups in total. The smallest absolute Gasteiger partial charge is 0.265 e. The summed E-state index contributed by atoms with van der Waals surface area (Å²) in [5, 5.41) is 2.79. The molecule has 2 aromatic carbocycles. The zero-order valence-corrected chi connectivity index (χ0v) is 18.2. The molecule has 0 saturated carbocycles. The van der Waals surface area contributed by atoms with Gasteiger partial charge in [0.15, 0.2) is 6.10 Å². The third kappa shape index (κ3) is 4.79. The predicted molar refractivity (Wildman–Crippen MR) is 114 cm³/mol. The third-order valence-electron chi connectivity index (χ3n) is 5.26. The molecule has 1 aliphatic heterocycles. The summed E-state index contributed by atoms with van der Waals surface area (Å²) in [4.78, 5) is 12.8. The van der Waals surface area contributed by atoms with Gasteiger partial charge in [-0.15, -0.1) is 0 Å². The Balaban J connectivity index is 1.66. The van der Waals surface area contributed by atoms with Crippen LogP contribution >= 0.6 is 0 Å². The van der Waals surface area contributed by atoms with Crippen LogP contribution < -0.4 is 10.1 Å². The Labute approximate surface area is 172 Å². The van der Waals surface area contributed by atoms with Gasteiger partial charge in [0.2, 0.25) is 10.0 Å². The average molecular weight is 417 g/mol. The molecule has 1 aliphatic rings. The Morgan fingerprint density at radius 1 is 1.07 bits per heavy atom. The molecule has 7 heteroatoms. The Morgan fingerprint density at radius 2 is 1.69 bits per heavy atom. The van der Waals surface area contributed by atoms with E-state index in [4.69, 9.17) is 4.74 Å². The second kappa shape index (κ2) is 8.55. The molecule has 156 valence electrons. The largest absolute Gasteiger partial charge is 0.481 e. The molecule has 1 atom stereocenters.